The normalized spacial score (nSPS) is 22.6. The number of tetrazole rings is 1. The summed E-state index contributed by atoms with van der Waals surface area (Å²) in [4.78, 5) is 81.4. The van der Waals surface area contributed by atoms with Crippen molar-refractivity contribution in [3.05, 3.63) is 96.8 Å². The van der Waals surface area contributed by atoms with Crippen molar-refractivity contribution < 1.29 is 38.5 Å². The molecule has 53 heavy (non-hydrogen) atoms. The van der Waals surface area contributed by atoms with Crippen LogP contribution in [0.4, 0.5) is 16.2 Å². The molecule has 0 radical (unpaired) electrons. The SMILES string of the molecule is CC([C@H]1C(=O)N2C(C(=O)OCc3ccc([N+](=O)[O-])cc3)=C(S[C@H]3C[C@@H](C(=O)N(C)C)N(C(=O)OCc4ccc([N+](=O)[O-])cc4)C3)[C@H](C)[C@H]12)n1ncnn1. The van der Waals surface area contributed by atoms with Gasteiger partial charge in [0.15, 0.2) is 6.33 Å². The van der Waals surface area contributed by atoms with Gasteiger partial charge in [0.2, 0.25) is 11.8 Å². The molecule has 3 aliphatic rings. The van der Waals surface area contributed by atoms with E-state index in [0.29, 0.717) is 16.0 Å². The average Bonchev–Trinajstić information content (AvgIpc) is 3.88. The molecule has 4 heterocycles. The van der Waals surface area contributed by atoms with Gasteiger partial charge in [-0.1, -0.05) is 6.92 Å². The van der Waals surface area contributed by atoms with Gasteiger partial charge in [0.05, 0.1) is 27.8 Å². The number of likely N-dealkylation sites (tertiary alicyclic amines) is 1. The number of β-lactam (4-membered cyclic amide) rings is 1. The van der Waals surface area contributed by atoms with Crippen LogP contribution >= 0.6 is 11.8 Å². The van der Waals surface area contributed by atoms with Gasteiger partial charge in [-0.15, -0.1) is 22.0 Å². The average molecular weight is 750 g/mol. The minimum atomic E-state index is -0.883. The van der Waals surface area contributed by atoms with E-state index in [1.165, 1.54) is 86.1 Å². The van der Waals surface area contributed by atoms with Crippen LogP contribution in [0.1, 0.15) is 37.4 Å². The maximum Gasteiger partial charge on any atom is 0.410 e. The van der Waals surface area contributed by atoms with Crippen LogP contribution < -0.4 is 0 Å². The third-order valence-electron chi connectivity index (χ3n) is 9.57. The Morgan fingerprint density at radius 1 is 0.981 bits per heavy atom. The van der Waals surface area contributed by atoms with Crippen molar-refractivity contribution in [1.82, 2.24) is 34.9 Å². The van der Waals surface area contributed by atoms with E-state index >= 15 is 0 Å². The van der Waals surface area contributed by atoms with Crippen molar-refractivity contribution in [3.63, 3.8) is 0 Å². The van der Waals surface area contributed by atoms with Gasteiger partial charge in [0.1, 0.15) is 25.0 Å². The number of hydrogen-bond acceptors (Lipinski definition) is 14. The second-order valence-corrected chi connectivity index (χ2v) is 14.4. The van der Waals surface area contributed by atoms with E-state index in [1.807, 2.05) is 6.92 Å². The lowest BCUT2D eigenvalue weighted by Gasteiger charge is -2.47. The second-order valence-electron chi connectivity index (χ2n) is 13.1. The van der Waals surface area contributed by atoms with E-state index in [-0.39, 0.29) is 61.0 Å². The van der Waals surface area contributed by atoms with E-state index in [1.54, 1.807) is 21.0 Å². The number of likely N-dealkylation sites (N-methyl/N-ethyl adjacent to an activating group) is 1. The number of hydrogen-bond donors (Lipinski definition) is 0. The minimum absolute atomic E-state index is 0.0593. The molecule has 1 aromatic heterocycles. The predicted molar refractivity (Wildman–Crippen MR) is 184 cm³/mol. The van der Waals surface area contributed by atoms with Gasteiger partial charge >= 0.3 is 12.1 Å². The molecule has 0 N–H and O–H groups in total. The number of carbonyl (C=O) groups is 4. The number of amides is 3. The number of rotatable bonds is 12. The summed E-state index contributed by atoms with van der Waals surface area (Å²) in [5.41, 5.74) is 0.857. The number of esters is 1. The largest absolute Gasteiger partial charge is 0.456 e. The zero-order chi connectivity index (χ0) is 38.1. The highest BCUT2D eigenvalue weighted by molar-refractivity contribution is 8.03. The monoisotopic (exact) mass is 749 g/mol. The zero-order valence-electron chi connectivity index (χ0n) is 29.0. The van der Waals surface area contributed by atoms with Crippen LogP contribution in [0.2, 0.25) is 0 Å². The quantitative estimate of drug-likeness (QED) is 0.112. The van der Waals surface area contributed by atoms with Gasteiger partial charge in [-0.2, -0.15) is 4.80 Å². The Balaban J connectivity index is 1.23. The molecule has 3 aromatic rings. The number of aromatic nitrogens is 4. The summed E-state index contributed by atoms with van der Waals surface area (Å²) in [6.07, 6.45) is 0.734. The smallest absolute Gasteiger partial charge is 0.410 e. The molecule has 19 nitrogen and oxygen atoms in total. The lowest BCUT2D eigenvalue weighted by Crippen LogP contribution is -2.62. The topological polar surface area (TPSA) is 226 Å². The fourth-order valence-electron chi connectivity index (χ4n) is 6.84. The first kappa shape index (κ1) is 36.9. The third-order valence-corrected chi connectivity index (χ3v) is 11.1. The number of non-ortho nitro benzene ring substituents is 2. The Hall–Kier alpha value is -5.92. The molecule has 3 aliphatic heterocycles. The van der Waals surface area contributed by atoms with Crippen LogP contribution in [0.5, 0.6) is 0 Å². The Morgan fingerprint density at radius 2 is 1.57 bits per heavy atom. The molecule has 3 amide bonds. The standard InChI is InChI=1S/C33H35N9O10S/c1-18-27-26(19(2)40-35-17-34-36-40)31(44)39(27)28(32(45)51-15-20-5-9-22(10-6-20)41(47)48)29(18)53-24-13-25(30(43)37(3)4)38(14-24)33(46)52-16-21-7-11-23(12-8-21)42(49)50/h5-12,17-19,24-27H,13-16H2,1-4H3/t18-,19?,24+,25+,26-,27-/m1/s1. The van der Waals surface area contributed by atoms with Crippen LogP contribution in [0.15, 0.2) is 65.5 Å². The summed E-state index contributed by atoms with van der Waals surface area (Å²) in [6, 6.07) is 9.30. The van der Waals surface area contributed by atoms with Gasteiger partial charge in [-0.25, -0.2) is 9.59 Å². The first-order valence-electron chi connectivity index (χ1n) is 16.5. The molecule has 278 valence electrons. The number of nitro groups is 2. The Kier molecular flexibility index (Phi) is 10.4. The summed E-state index contributed by atoms with van der Waals surface area (Å²) in [5, 5.41) is 33.5. The molecular weight excluding hydrogens is 714 g/mol. The van der Waals surface area contributed by atoms with Crippen LogP contribution in [0.3, 0.4) is 0 Å². The maximum atomic E-state index is 13.9. The molecule has 6 rings (SSSR count). The summed E-state index contributed by atoms with van der Waals surface area (Å²) in [6.45, 7) is 3.38. The number of fused-ring (bicyclic) bond motifs is 1. The summed E-state index contributed by atoms with van der Waals surface area (Å²) in [5.74, 6) is -2.37. The molecule has 20 heteroatoms. The maximum absolute atomic E-state index is 13.9. The molecule has 0 bridgehead atoms. The predicted octanol–water partition coefficient (Wildman–Crippen LogP) is 3.08. The molecule has 0 saturated carbocycles. The van der Waals surface area contributed by atoms with Crippen molar-refractivity contribution in [2.45, 2.75) is 56.9 Å². The Bertz CT molecular complexity index is 1960. The van der Waals surface area contributed by atoms with Crippen molar-refractivity contribution >= 4 is 47.0 Å². The number of nitro benzene ring substituents is 2. The molecular formula is C33H35N9O10S. The molecule has 2 aromatic carbocycles. The van der Waals surface area contributed by atoms with E-state index in [9.17, 15) is 39.4 Å². The summed E-state index contributed by atoms with van der Waals surface area (Å²) >= 11 is 1.30. The second kappa shape index (κ2) is 15.0. The Labute approximate surface area is 306 Å². The van der Waals surface area contributed by atoms with E-state index < -0.39 is 51.2 Å². The van der Waals surface area contributed by atoms with Crippen molar-refractivity contribution in [1.29, 1.82) is 0 Å². The Morgan fingerprint density at radius 3 is 2.09 bits per heavy atom. The van der Waals surface area contributed by atoms with Gasteiger partial charge < -0.3 is 19.3 Å². The molecule has 2 fully saturated rings. The highest BCUT2D eigenvalue weighted by atomic mass is 32.2. The van der Waals surface area contributed by atoms with Crippen molar-refractivity contribution in [3.8, 4) is 0 Å². The van der Waals surface area contributed by atoms with Gasteiger partial charge in [0, 0.05) is 61.0 Å². The third kappa shape index (κ3) is 7.26. The number of benzene rings is 2. The molecule has 2 saturated heterocycles. The first-order valence-corrected chi connectivity index (χ1v) is 17.4. The van der Waals surface area contributed by atoms with Gasteiger partial charge in [-0.05, 0) is 54.0 Å². The van der Waals surface area contributed by atoms with Gasteiger partial charge in [-0.3, -0.25) is 34.7 Å². The van der Waals surface area contributed by atoms with Crippen molar-refractivity contribution in [2.24, 2.45) is 11.8 Å². The molecule has 0 aliphatic carbocycles. The van der Waals surface area contributed by atoms with E-state index in [4.69, 9.17) is 9.47 Å². The lowest BCUT2D eigenvalue weighted by molar-refractivity contribution is -0.385. The number of thioether (sulfide) groups is 1. The fraction of sp³-hybridized carbons (Fsp3) is 0.424. The number of ether oxygens (including phenoxy) is 2. The van der Waals surface area contributed by atoms with Crippen LogP contribution in [-0.4, -0.2) is 107 Å². The summed E-state index contributed by atoms with van der Waals surface area (Å²) < 4.78 is 11.2. The summed E-state index contributed by atoms with van der Waals surface area (Å²) in [7, 11) is 3.15. The van der Waals surface area contributed by atoms with Crippen LogP contribution in [0.25, 0.3) is 0 Å². The number of carbonyl (C=O) groups excluding carboxylic acids is 4. The highest BCUT2D eigenvalue weighted by Crippen LogP contribution is 2.54. The van der Waals surface area contributed by atoms with E-state index in [2.05, 4.69) is 15.4 Å². The highest BCUT2D eigenvalue weighted by Gasteiger charge is 2.61. The van der Waals surface area contributed by atoms with Crippen LogP contribution in [0, 0.1) is 32.1 Å². The zero-order valence-corrected chi connectivity index (χ0v) is 29.8. The molecule has 1 unspecified atom stereocenters. The van der Waals surface area contributed by atoms with Crippen LogP contribution in [-0.2, 0) is 37.1 Å². The number of nitrogens with zero attached hydrogens (tertiary/aromatic N) is 9. The first-order chi connectivity index (χ1) is 25.3. The molecule has 0 spiro atoms. The van der Waals surface area contributed by atoms with Crippen molar-refractivity contribution in [2.75, 3.05) is 20.6 Å². The molecule has 6 atom stereocenters. The van der Waals surface area contributed by atoms with Gasteiger partial charge in [0.25, 0.3) is 11.4 Å². The van der Waals surface area contributed by atoms with E-state index in [0.717, 1.165) is 0 Å². The fourth-order valence-corrected chi connectivity index (χ4v) is 8.36. The lowest BCUT2D eigenvalue weighted by atomic mass is 9.78. The minimum Gasteiger partial charge on any atom is -0.456 e.